The number of anilines is 1. The van der Waals surface area contributed by atoms with Crippen LogP contribution in [-0.4, -0.2) is 17.0 Å². The molecule has 0 spiro atoms. The maximum atomic E-state index is 13.7. The number of para-hydroxylation sites is 1. The van der Waals surface area contributed by atoms with Gasteiger partial charge in [-0.1, -0.05) is 99.6 Å². The Kier molecular flexibility index (Phi) is 7.88. The third kappa shape index (κ3) is 5.61. The van der Waals surface area contributed by atoms with Crippen molar-refractivity contribution in [3.05, 3.63) is 102 Å². The molecule has 0 aliphatic rings. The van der Waals surface area contributed by atoms with Crippen molar-refractivity contribution in [2.45, 2.75) is 38.5 Å². The number of carboxylic acids is 1. The number of hydrogen-bond donors (Lipinski definition) is 3. The molecule has 172 valence electrons. The summed E-state index contributed by atoms with van der Waals surface area (Å²) in [5, 5.41) is 10.5. The smallest absolute Gasteiger partial charge is 0.308 e. The fourth-order valence-electron chi connectivity index (χ4n) is 4.66. The minimum Gasteiger partial charge on any atom is -0.481 e. The Hall–Kier alpha value is -3.60. The molecule has 0 aliphatic carbocycles. The number of amides is 1. The highest BCUT2D eigenvalue weighted by molar-refractivity contribution is 5.87. The van der Waals surface area contributed by atoms with E-state index in [1.165, 1.54) is 0 Å². The van der Waals surface area contributed by atoms with Crippen LogP contribution in [0.5, 0.6) is 0 Å². The van der Waals surface area contributed by atoms with Crippen molar-refractivity contribution in [2.24, 2.45) is 11.8 Å². The van der Waals surface area contributed by atoms with E-state index in [0.717, 1.165) is 16.8 Å². The molecule has 0 bridgehead atoms. The molecule has 0 aromatic heterocycles. The number of carbonyl (C=O) groups is 2. The quantitative estimate of drug-likeness (QED) is 0.355. The molecule has 3 atom stereocenters. The van der Waals surface area contributed by atoms with Gasteiger partial charge in [-0.05, 0) is 35.6 Å². The van der Waals surface area contributed by atoms with E-state index < -0.39 is 23.2 Å². The molecule has 0 aliphatic heterocycles. The van der Waals surface area contributed by atoms with Crippen LogP contribution in [0.4, 0.5) is 5.69 Å². The zero-order valence-corrected chi connectivity index (χ0v) is 19.4. The molecule has 1 amide bonds. The largest absolute Gasteiger partial charge is 0.481 e. The zero-order valence-electron chi connectivity index (χ0n) is 19.4. The SMILES string of the molecule is CCC(c1ccccc1)C(C(=O)NNc1ccccc1)C(C(=O)O)C(C)(C)c1ccccc1. The van der Waals surface area contributed by atoms with Gasteiger partial charge in [0.15, 0.2) is 0 Å². The molecule has 33 heavy (non-hydrogen) atoms. The molecule has 0 saturated carbocycles. The number of hydrazine groups is 1. The van der Waals surface area contributed by atoms with E-state index in [1.807, 2.05) is 112 Å². The average Bonchev–Trinajstić information content (AvgIpc) is 2.84. The van der Waals surface area contributed by atoms with E-state index in [1.54, 1.807) is 0 Å². The van der Waals surface area contributed by atoms with E-state index in [0.29, 0.717) is 6.42 Å². The van der Waals surface area contributed by atoms with Gasteiger partial charge < -0.3 is 5.11 Å². The molecule has 0 heterocycles. The van der Waals surface area contributed by atoms with Crippen molar-refractivity contribution < 1.29 is 14.7 Å². The highest BCUT2D eigenvalue weighted by Crippen LogP contribution is 2.43. The van der Waals surface area contributed by atoms with Crippen LogP contribution in [-0.2, 0) is 15.0 Å². The third-order valence-electron chi connectivity index (χ3n) is 6.43. The summed E-state index contributed by atoms with van der Waals surface area (Å²) in [5.74, 6) is -3.36. The topological polar surface area (TPSA) is 78.4 Å². The second kappa shape index (κ2) is 10.8. The standard InChI is InChI=1S/C28H32N2O3/c1-4-23(20-14-8-5-9-15-20)24(26(31)30-29-22-18-12-7-13-19-22)25(27(32)33)28(2,3)21-16-10-6-11-17-21/h5-19,23-25,29H,4H2,1-3H3,(H,30,31)(H,32,33). The predicted molar refractivity (Wildman–Crippen MR) is 132 cm³/mol. The van der Waals surface area contributed by atoms with E-state index in [9.17, 15) is 14.7 Å². The van der Waals surface area contributed by atoms with Gasteiger partial charge >= 0.3 is 5.97 Å². The maximum absolute atomic E-state index is 13.7. The molecule has 5 nitrogen and oxygen atoms in total. The highest BCUT2D eigenvalue weighted by Gasteiger charge is 2.48. The van der Waals surface area contributed by atoms with Crippen molar-refractivity contribution >= 4 is 17.6 Å². The van der Waals surface area contributed by atoms with E-state index in [2.05, 4.69) is 10.9 Å². The first-order valence-corrected chi connectivity index (χ1v) is 11.3. The lowest BCUT2D eigenvalue weighted by Gasteiger charge is -2.40. The number of carboxylic acid groups (broad SMARTS) is 1. The number of carbonyl (C=O) groups excluding carboxylic acids is 1. The van der Waals surface area contributed by atoms with E-state index in [-0.39, 0.29) is 11.8 Å². The summed E-state index contributed by atoms with van der Waals surface area (Å²) in [7, 11) is 0. The Morgan fingerprint density at radius 2 is 1.36 bits per heavy atom. The Labute approximate surface area is 195 Å². The Morgan fingerprint density at radius 3 is 1.88 bits per heavy atom. The number of nitrogens with one attached hydrogen (secondary N) is 2. The van der Waals surface area contributed by atoms with Crippen LogP contribution in [0.1, 0.15) is 44.2 Å². The molecule has 3 aromatic rings. The van der Waals surface area contributed by atoms with Gasteiger partial charge in [0.05, 0.1) is 17.5 Å². The molecule has 3 unspecified atom stereocenters. The van der Waals surface area contributed by atoms with Gasteiger partial charge in [0.1, 0.15) is 0 Å². The molecule has 0 fully saturated rings. The van der Waals surface area contributed by atoms with Crippen LogP contribution < -0.4 is 10.9 Å². The van der Waals surface area contributed by atoms with Crippen LogP contribution in [0, 0.1) is 11.8 Å². The third-order valence-corrected chi connectivity index (χ3v) is 6.43. The van der Waals surface area contributed by atoms with Crippen LogP contribution >= 0.6 is 0 Å². The predicted octanol–water partition coefficient (Wildman–Crippen LogP) is 5.62. The molecule has 5 heteroatoms. The van der Waals surface area contributed by atoms with Gasteiger partial charge in [-0.25, -0.2) is 0 Å². The van der Waals surface area contributed by atoms with Gasteiger partial charge in [0.2, 0.25) is 5.91 Å². The second-order valence-electron chi connectivity index (χ2n) is 8.84. The van der Waals surface area contributed by atoms with Crippen LogP contribution in [0.15, 0.2) is 91.0 Å². The lowest BCUT2D eigenvalue weighted by Crippen LogP contribution is -2.49. The molecule has 3 rings (SSSR count). The fourth-order valence-corrected chi connectivity index (χ4v) is 4.66. The normalized spacial score (nSPS) is 14.0. The van der Waals surface area contributed by atoms with Gasteiger partial charge in [0.25, 0.3) is 0 Å². The van der Waals surface area contributed by atoms with Gasteiger partial charge in [0, 0.05) is 5.41 Å². The molecular weight excluding hydrogens is 412 g/mol. The van der Waals surface area contributed by atoms with E-state index >= 15 is 0 Å². The summed E-state index contributed by atoms with van der Waals surface area (Å²) >= 11 is 0. The number of benzene rings is 3. The fraction of sp³-hybridized carbons (Fsp3) is 0.286. The van der Waals surface area contributed by atoms with Gasteiger partial charge in [-0.3, -0.25) is 20.4 Å². The van der Waals surface area contributed by atoms with Crippen molar-refractivity contribution in [1.29, 1.82) is 0 Å². The first-order valence-electron chi connectivity index (χ1n) is 11.3. The Morgan fingerprint density at radius 1 is 0.848 bits per heavy atom. The van der Waals surface area contributed by atoms with Crippen LogP contribution in [0.2, 0.25) is 0 Å². The minimum absolute atomic E-state index is 0.270. The van der Waals surface area contributed by atoms with E-state index in [4.69, 9.17) is 0 Å². The van der Waals surface area contributed by atoms with Gasteiger partial charge in [-0.2, -0.15) is 0 Å². The summed E-state index contributed by atoms with van der Waals surface area (Å²) < 4.78 is 0. The second-order valence-corrected chi connectivity index (χ2v) is 8.84. The lowest BCUT2D eigenvalue weighted by molar-refractivity contribution is -0.151. The monoisotopic (exact) mass is 444 g/mol. The van der Waals surface area contributed by atoms with Crippen LogP contribution in [0.25, 0.3) is 0 Å². The summed E-state index contributed by atoms with van der Waals surface area (Å²) in [5.41, 5.74) is 7.52. The molecule has 3 N–H and O–H groups in total. The van der Waals surface area contributed by atoms with Crippen LogP contribution in [0.3, 0.4) is 0 Å². The number of aliphatic carboxylic acids is 1. The summed E-state index contributed by atoms with van der Waals surface area (Å²) in [6.45, 7) is 5.81. The summed E-state index contributed by atoms with van der Waals surface area (Å²) in [4.78, 5) is 26.5. The average molecular weight is 445 g/mol. The lowest BCUT2D eigenvalue weighted by atomic mass is 9.63. The molecule has 0 saturated heterocycles. The molecule has 0 radical (unpaired) electrons. The zero-order chi connectivity index (χ0) is 23.8. The van der Waals surface area contributed by atoms with Crippen molar-refractivity contribution in [1.82, 2.24) is 5.43 Å². The van der Waals surface area contributed by atoms with Crippen molar-refractivity contribution in [3.8, 4) is 0 Å². The molecular formula is C28H32N2O3. The number of hydrogen-bond acceptors (Lipinski definition) is 3. The summed E-state index contributed by atoms with van der Waals surface area (Å²) in [6.07, 6.45) is 0.627. The minimum atomic E-state index is -0.988. The van der Waals surface area contributed by atoms with Gasteiger partial charge in [-0.15, -0.1) is 0 Å². The highest BCUT2D eigenvalue weighted by atomic mass is 16.4. The first-order chi connectivity index (χ1) is 15.9. The maximum Gasteiger partial charge on any atom is 0.308 e. The van der Waals surface area contributed by atoms with Crippen molar-refractivity contribution in [2.75, 3.05) is 5.43 Å². The molecule has 3 aromatic carbocycles. The summed E-state index contributed by atoms with van der Waals surface area (Å²) in [6, 6.07) is 28.6. The first kappa shape index (κ1) is 24.1. The Bertz CT molecular complexity index is 1040. The number of rotatable bonds is 10. The van der Waals surface area contributed by atoms with Crippen molar-refractivity contribution in [3.63, 3.8) is 0 Å². The Balaban J connectivity index is 2.05.